The molecule has 0 aliphatic heterocycles. The second-order valence-corrected chi connectivity index (χ2v) is 14.6. The molecule has 0 saturated heterocycles. The molecule has 0 bridgehead atoms. The van der Waals surface area contributed by atoms with Crippen LogP contribution in [0.4, 0.5) is 4.39 Å². The monoisotopic (exact) mass is 566 g/mol. The van der Waals surface area contributed by atoms with Gasteiger partial charge in [-0.15, -0.1) is 0 Å². The van der Waals surface area contributed by atoms with E-state index in [2.05, 4.69) is 68.0 Å². The van der Waals surface area contributed by atoms with E-state index in [0.717, 1.165) is 12.0 Å². The van der Waals surface area contributed by atoms with E-state index in [9.17, 15) is 9.18 Å². The van der Waals surface area contributed by atoms with Gasteiger partial charge in [0.15, 0.2) is 0 Å². The van der Waals surface area contributed by atoms with Gasteiger partial charge in [-0.05, 0) is 91.4 Å². The Bertz CT molecular complexity index is 1030. The minimum absolute atomic E-state index is 0.191. The van der Waals surface area contributed by atoms with Crippen LogP contribution in [-0.4, -0.2) is 12.6 Å². The molecule has 1 aromatic rings. The summed E-state index contributed by atoms with van der Waals surface area (Å²) in [7, 11) is 0. The molecular weight excluding hydrogens is 507 g/mol. The molecule has 41 heavy (non-hydrogen) atoms. The Balaban J connectivity index is 1.93. The van der Waals surface area contributed by atoms with Gasteiger partial charge < -0.3 is 4.74 Å². The van der Waals surface area contributed by atoms with Gasteiger partial charge in [-0.3, -0.25) is 4.79 Å². The van der Waals surface area contributed by atoms with Crippen molar-refractivity contribution in [2.45, 2.75) is 113 Å². The van der Waals surface area contributed by atoms with Crippen LogP contribution in [0.25, 0.3) is 0 Å². The van der Waals surface area contributed by atoms with Gasteiger partial charge in [0.1, 0.15) is 13.3 Å². The Kier molecular flexibility index (Phi) is 11.9. The van der Waals surface area contributed by atoms with E-state index < -0.39 is 18.1 Å². The van der Waals surface area contributed by atoms with Gasteiger partial charge in [0.25, 0.3) is 0 Å². The van der Waals surface area contributed by atoms with Crippen molar-refractivity contribution in [3.05, 3.63) is 59.7 Å². The maximum atomic E-state index is 14.6. The minimum Gasteiger partial charge on any atom is -0.460 e. The topological polar surface area (TPSA) is 26.3 Å². The Morgan fingerprint density at radius 1 is 1.12 bits per heavy atom. The molecule has 2 unspecified atom stereocenters. The summed E-state index contributed by atoms with van der Waals surface area (Å²) in [4.78, 5) is 13.3. The first-order chi connectivity index (χ1) is 19.4. The van der Waals surface area contributed by atoms with Crippen molar-refractivity contribution in [1.29, 1.82) is 0 Å². The van der Waals surface area contributed by atoms with Gasteiger partial charge in [-0.2, -0.15) is 0 Å². The van der Waals surface area contributed by atoms with Crippen LogP contribution >= 0.6 is 0 Å². The molecule has 0 N–H and O–H groups in total. The normalized spacial score (nSPS) is 30.7. The second kappa shape index (κ2) is 14.5. The number of carbonyl (C=O) groups is 1. The Labute approximate surface area is 251 Å². The first-order valence-electron chi connectivity index (χ1n) is 16.5. The Hall–Kier alpha value is -1.90. The maximum absolute atomic E-state index is 14.6. The first-order valence-corrected chi connectivity index (χ1v) is 16.5. The van der Waals surface area contributed by atoms with Crippen LogP contribution < -0.4 is 0 Å². The molecule has 1 fully saturated rings. The summed E-state index contributed by atoms with van der Waals surface area (Å²) in [5.74, 6) is 3.41. The van der Waals surface area contributed by atoms with Crippen molar-refractivity contribution >= 4 is 5.97 Å². The summed E-state index contributed by atoms with van der Waals surface area (Å²) < 4.78 is 20.3. The molecule has 0 spiro atoms. The van der Waals surface area contributed by atoms with E-state index in [-0.39, 0.29) is 12.0 Å². The summed E-state index contributed by atoms with van der Waals surface area (Å²) in [6.07, 6.45) is 10.2. The lowest BCUT2D eigenvalue weighted by Crippen LogP contribution is -2.49. The zero-order chi connectivity index (χ0) is 30.4. The van der Waals surface area contributed by atoms with E-state index in [4.69, 9.17) is 4.74 Å². The number of carbonyl (C=O) groups excluding carboxylic acids is 1. The Morgan fingerprint density at radius 2 is 1.80 bits per heavy atom. The quantitative estimate of drug-likeness (QED) is 0.197. The molecule has 2 nitrogen and oxygen atoms in total. The summed E-state index contributed by atoms with van der Waals surface area (Å²) in [6.45, 7) is 23.3. The Morgan fingerprint density at radius 3 is 2.32 bits per heavy atom. The average molecular weight is 567 g/mol. The number of alkyl halides is 1. The third-order valence-corrected chi connectivity index (χ3v) is 11.4. The largest absolute Gasteiger partial charge is 0.460 e. The van der Waals surface area contributed by atoms with Gasteiger partial charge in [0.05, 0.1) is 5.41 Å². The zero-order valence-electron chi connectivity index (χ0n) is 27.5. The van der Waals surface area contributed by atoms with Crippen LogP contribution in [0.5, 0.6) is 0 Å². The molecule has 2 aliphatic rings. The molecular formula is C38H59FO2. The molecule has 0 amide bonds. The first kappa shape index (κ1) is 33.6. The van der Waals surface area contributed by atoms with Gasteiger partial charge in [0.2, 0.25) is 0 Å². The van der Waals surface area contributed by atoms with E-state index in [1.807, 2.05) is 30.3 Å². The fourth-order valence-corrected chi connectivity index (χ4v) is 8.80. The molecule has 0 aromatic heterocycles. The van der Waals surface area contributed by atoms with Crippen molar-refractivity contribution < 1.29 is 13.9 Å². The summed E-state index contributed by atoms with van der Waals surface area (Å²) in [6, 6.07) is 9.68. The molecule has 7 atom stereocenters. The predicted molar refractivity (Wildman–Crippen MR) is 171 cm³/mol. The molecule has 1 saturated carbocycles. The molecule has 230 valence electrons. The standard InChI is InChI=1S/C38H59FO2/c1-10-33-23-32(26(2)3)18-14-15-29(8)37(33,9)35(28(6)7)34(27(4)5)31-19-21-38(25-39,22-20-31)36(40)41-24-30-16-12-11-13-17-30/h11-13,16-17,19,27-29,32-35H,2,10,14-15,18,20-25H2,1,3-9H3/t29-,32-,33-,34?,35+,37?,38+/m1/s1. The number of hydrogen-bond donors (Lipinski definition) is 0. The highest BCUT2D eigenvalue weighted by Gasteiger charge is 2.51. The number of rotatable bonds is 11. The minimum atomic E-state index is -1.06. The van der Waals surface area contributed by atoms with Crippen LogP contribution in [0, 0.1) is 52.3 Å². The number of hydrogen-bond acceptors (Lipinski definition) is 2. The molecule has 2 aliphatic carbocycles. The van der Waals surface area contributed by atoms with Crippen molar-refractivity contribution in [3.63, 3.8) is 0 Å². The van der Waals surface area contributed by atoms with Crippen molar-refractivity contribution in [1.82, 2.24) is 0 Å². The van der Waals surface area contributed by atoms with Crippen LogP contribution in [-0.2, 0) is 16.1 Å². The van der Waals surface area contributed by atoms with Gasteiger partial charge in [-0.25, -0.2) is 4.39 Å². The fraction of sp³-hybridized carbons (Fsp3) is 0.711. The molecule has 3 heteroatoms. The van der Waals surface area contributed by atoms with Crippen molar-refractivity contribution in [3.8, 4) is 0 Å². The lowest BCUT2D eigenvalue weighted by Gasteiger charge is -2.56. The molecule has 0 heterocycles. The van der Waals surface area contributed by atoms with Crippen LogP contribution in [0.15, 0.2) is 54.1 Å². The average Bonchev–Trinajstić information content (AvgIpc) is 2.95. The predicted octanol–water partition coefficient (Wildman–Crippen LogP) is 10.8. The number of ether oxygens (including phenoxy) is 1. The van der Waals surface area contributed by atoms with Crippen molar-refractivity contribution in [2.24, 2.45) is 52.3 Å². The van der Waals surface area contributed by atoms with Gasteiger partial charge in [0, 0.05) is 0 Å². The highest BCUT2D eigenvalue weighted by molar-refractivity contribution is 5.77. The van der Waals surface area contributed by atoms with Gasteiger partial charge >= 0.3 is 5.97 Å². The van der Waals surface area contributed by atoms with Crippen molar-refractivity contribution in [2.75, 3.05) is 6.67 Å². The van der Waals surface area contributed by atoms with E-state index in [1.165, 1.54) is 43.3 Å². The molecule has 1 aromatic carbocycles. The van der Waals surface area contributed by atoms with E-state index in [0.29, 0.717) is 54.3 Å². The second-order valence-electron chi connectivity index (χ2n) is 14.6. The third-order valence-electron chi connectivity index (χ3n) is 11.4. The van der Waals surface area contributed by atoms with Crippen LogP contribution in [0.2, 0.25) is 0 Å². The molecule has 0 radical (unpaired) electrons. The molecule has 3 rings (SSSR count). The highest BCUT2D eigenvalue weighted by Crippen LogP contribution is 2.58. The SMILES string of the molecule is C=C(C)[C@@H]1CCC[C@@H](C)C(C)([C@@H](C(C)C)C(C2=CC[C@](CF)(C(=O)OCc3ccccc3)CC2)C(C)C)[C@H](CC)C1. The highest BCUT2D eigenvalue weighted by atomic mass is 19.1. The summed E-state index contributed by atoms with van der Waals surface area (Å²) >= 11 is 0. The lowest BCUT2D eigenvalue weighted by molar-refractivity contribution is -0.159. The third kappa shape index (κ3) is 7.37. The number of allylic oxidation sites excluding steroid dienone is 3. The van der Waals surface area contributed by atoms with Crippen LogP contribution in [0.3, 0.4) is 0 Å². The zero-order valence-corrected chi connectivity index (χ0v) is 27.5. The van der Waals surface area contributed by atoms with E-state index in [1.54, 1.807) is 0 Å². The van der Waals surface area contributed by atoms with Crippen LogP contribution in [0.1, 0.15) is 112 Å². The number of esters is 1. The number of benzene rings is 1. The fourth-order valence-electron chi connectivity index (χ4n) is 8.80. The summed E-state index contributed by atoms with van der Waals surface area (Å²) in [5, 5.41) is 0. The van der Waals surface area contributed by atoms with E-state index >= 15 is 0 Å². The van der Waals surface area contributed by atoms with Gasteiger partial charge in [-0.1, -0.05) is 122 Å². The summed E-state index contributed by atoms with van der Waals surface area (Å²) in [5.41, 5.74) is 2.85. The maximum Gasteiger partial charge on any atom is 0.315 e. The lowest BCUT2D eigenvalue weighted by atomic mass is 9.49. The smallest absolute Gasteiger partial charge is 0.315 e. The number of halogens is 1.